The molecule has 0 atom stereocenters. The van der Waals surface area contributed by atoms with Gasteiger partial charge in [-0.1, -0.05) is 12.1 Å². The van der Waals surface area contributed by atoms with Crippen LogP contribution in [0.4, 0.5) is 0 Å². The summed E-state index contributed by atoms with van der Waals surface area (Å²) in [7, 11) is 2.93. The van der Waals surface area contributed by atoms with Gasteiger partial charge in [0.2, 0.25) is 5.91 Å². The van der Waals surface area contributed by atoms with E-state index in [1.807, 2.05) is 24.3 Å². The molecule has 1 aliphatic heterocycles. The van der Waals surface area contributed by atoms with Gasteiger partial charge in [0.25, 0.3) is 11.5 Å². The molecule has 3 rings (SSSR count). The monoisotopic (exact) mass is 400 g/mol. The van der Waals surface area contributed by atoms with Crippen LogP contribution in [0.2, 0.25) is 0 Å². The minimum atomic E-state index is -0.628. The van der Waals surface area contributed by atoms with E-state index in [2.05, 4.69) is 4.98 Å². The third kappa shape index (κ3) is 4.56. The minimum Gasteiger partial charge on any atom is -0.497 e. The lowest BCUT2D eigenvalue weighted by Gasteiger charge is -2.34. The molecule has 2 aromatic rings. The Kier molecular flexibility index (Phi) is 6.16. The second-order valence-electron chi connectivity index (χ2n) is 6.89. The fourth-order valence-electron chi connectivity index (χ4n) is 3.25. The normalized spacial score (nSPS) is 14.0. The third-order valence-corrected chi connectivity index (χ3v) is 5.12. The lowest BCUT2D eigenvalue weighted by atomic mass is 10.1. The van der Waals surface area contributed by atoms with Crippen LogP contribution in [0.3, 0.4) is 0 Å². The van der Waals surface area contributed by atoms with Gasteiger partial charge >= 0.3 is 5.69 Å². The van der Waals surface area contributed by atoms with Gasteiger partial charge in [-0.25, -0.2) is 4.79 Å². The average molecular weight is 400 g/mol. The molecule has 0 aliphatic carbocycles. The van der Waals surface area contributed by atoms with Crippen LogP contribution in [0.5, 0.6) is 5.75 Å². The van der Waals surface area contributed by atoms with Gasteiger partial charge in [-0.2, -0.15) is 0 Å². The van der Waals surface area contributed by atoms with Gasteiger partial charge in [0, 0.05) is 45.8 Å². The second kappa shape index (κ2) is 8.76. The van der Waals surface area contributed by atoms with Gasteiger partial charge in [-0.05, 0) is 24.1 Å². The number of benzene rings is 1. The summed E-state index contributed by atoms with van der Waals surface area (Å²) in [6.45, 7) is 1.51. The Morgan fingerprint density at radius 2 is 1.66 bits per heavy atom. The van der Waals surface area contributed by atoms with Crippen LogP contribution in [-0.4, -0.2) is 64.5 Å². The zero-order valence-corrected chi connectivity index (χ0v) is 16.5. The summed E-state index contributed by atoms with van der Waals surface area (Å²) >= 11 is 0. The van der Waals surface area contributed by atoms with Gasteiger partial charge in [-0.3, -0.25) is 19.0 Å². The zero-order chi connectivity index (χ0) is 21.0. The van der Waals surface area contributed by atoms with Gasteiger partial charge in [0.1, 0.15) is 11.3 Å². The van der Waals surface area contributed by atoms with Gasteiger partial charge in [-0.15, -0.1) is 0 Å². The number of methoxy groups -OCH3 is 1. The van der Waals surface area contributed by atoms with Crippen molar-refractivity contribution in [2.75, 3.05) is 33.3 Å². The molecule has 0 radical (unpaired) electrons. The highest BCUT2D eigenvalue weighted by atomic mass is 16.5. The van der Waals surface area contributed by atoms with Crippen molar-refractivity contribution in [1.82, 2.24) is 19.4 Å². The summed E-state index contributed by atoms with van der Waals surface area (Å²) in [5.41, 5.74) is -0.219. The lowest BCUT2D eigenvalue weighted by Crippen LogP contribution is -2.52. The van der Waals surface area contributed by atoms with Crippen LogP contribution < -0.4 is 16.0 Å². The molecule has 1 aromatic carbocycles. The number of carbonyl (C=O) groups excluding carboxylic acids is 2. The molecule has 1 fully saturated rings. The van der Waals surface area contributed by atoms with E-state index in [1.54, 1.807) is 12.0 Å². The molecule has 0 unspecified atom stereocenters. The molecular formula is C20H24N4O5. The Bertz CT molecular complexity index is 1000. The van der Waals surface area contributed by atoms with Crippen LogP contribution in [0.25, 0.3) is 0 Å². The van der Waals surface area contributed by atoms with Crippen molar-refractivity contribution in [2.45, 2.75) is 12.8 Å². The van der Waals surface area contributed by atoms with E-state index in [0.717, 1.165) is 22.1 Å². The molecule has 9 nitrogen and oxygen atoms in total. The first-order chi connectivity index (χ1) is 13.9. The molecule has 0 saturated carbocycles. The van der Waals surface area contributed by atoms with Crippen LogP contribution in [-0.2, 0) is 18.3 Å². The van der Waals surface area contributed by atoms with Gasteiger partial charge in [0.15, 0.2) is 0 Å². The molecule has 0 spiro atoms. The van der Waals surface area contributed by atoms with Crippen LogP contribution in [0.15, 0.2) is 40.1 Å². The number of hydrogen-bond acceptors (Lipinski definition) is 5. The van der Waals surface area contributed by atoms with E-state index in [-0.39, 0.29) is 11.5 Å². The van der Waals surface area contributed by atoms with E-state index >= 15 is 0 Å². The number of aromatic nitrogens is 2. The van der Waals surface area contributed by atoms with Crippen molar-refractivity contribution < 1.29 is 14.3 Å². The number of aryl methyl sites for hydroxylation is 1. The number of H-pyrrole nitrogens is 1. The number of piperazine rings is 1. The quantitative estimate of drug-likeness (QED) is 0.761. The summed E-state index contributed by atoms with van der Waals surface area (Å²) in [6.07, 6.45) is 2.18. The maximum atomic E-state index is 12.6. The summed E-state index contributed by atoms with van der Waals surface area (Å²) in [5, 5.41) is 0. The van der Waals surface area contributed by atoms with Gasteiger partial charge < -0.3 is 19.5 Å². The Morgan fingerprint density at radius 1 is 1.03 bits per heavy atom. The van der Waals surface area contributed by atoms with Crippen LogP contribution in [0.1, 0.15) is 22.3 Å². The smallest absolute Gasteiger partial charge is 0.328 e. The van der Waals surface area contributed by atoms with Crippen LogP contribution >= 0.6 is 0 Å². The molecule has 1 saturated heterocycles. The summed E-state index contributed by atoms with van der Waals surface area (Å²) < 4.78 is 5.99. The molecule has 1 aliphatic rings. The second-order valence-corrected chi connectivity index (χ2v) is 6.89. The van der Waals surface area contributed by atoms with Crippen molar-refractivity contribution in [3.63, 3.8) is 0 Å². The number of hydrogen-bond donors (Lipinski definition) is 1. The first-order valence-electron chi connectivity index (χ1n) is 9.39. The Labute approximate surface area is 167 Å². The largest absolute Gasteiger partial charge is 0.497 e. The topological polar surface area (TPSA) is 105 Å². The van der Waals surface area contributed by atoms with Crippen molar-refractivity contribution in [3.8, 4) is 5.75 Å². The maximum Gasteiger partial charge on any atom is 0.328 e. The number of carbonyl (C=O) groups is 2. The molecule has 1 aromatic heterocycles. The summed E-state index contributed by atoms with van der Waals surface area (Å²) in [5.74, 6) is 0.373. The van der Waals surface area contributed by atoms with E-state index in [1.165, 1.54) is 11.9 Å². The molecular weight excluding hydrogens is 376 g/mol. The van der Waals surface area contributed by atoms with Crippen molar-refractivity contribution >= 4 is 11.8 Å². The number of ether oxygens (including phenoxy) is 1. The molecule has 2 amide bonds. The minimum absolute atomic E-state index is 0.0351. The van der Waals surface area contributed by atoms with Crippen molar-refractivity contribution in [2.24, 2.45) is 7.05 Å². The number of nitrogens with zero attached hydrogens (tertiary/aromatic N) is 3. The number of aromatic amines is 1. The van der Waals surface area contributed by atoms with Crippen LogP contribution in [0, 0.1) is 0 Å². The zero-order valence-electron chi connectivity index (χ0n) is 16.5. The molecule has 1 N–H and O–H groups in total. The van der Waals surface area contributed by atoms with E-state index in [9.17, 15) is 19.2 Å². The van der Waals surface area contributed by atoms with E-state index in [0.29, 0.717) is 39.0 Å². The Hall–Kier alpha value is -3.36. The predicted molar refractivity (Wildman–Crippen MR) is 106 cm³/mol. The summed E-state index contributed by atoms with van der Waals surface area (Å²) in [4.78, 5) is 54.3. The molecule has 9 heteroatoms. The maximum absolute atomic E-state index is 12.6. The number of rotatable bonds is 5. The van der Waals surface area contributed by atoms with Crippen molar-refractivity contribution in [3.05, 3.63) is 62.4 Å². The first-order valence-corrected chi connectivity index (χ1v) is 9.39. The average Bonchev–Trinajstić information content (AvgIpc) is 2.76. The van der Waals surface area contributed by atoms with Gasteiger partial charge in [0.05, 0.1) is 7.11 Å². The Morgan fingerprint density at radius 3 is 2.28 bits per heavy atom. The highest BCUT2D eigenvalue weighted by Crippen LogP contribution is 2.14. The highest BCUT2D eigenvalue weighted by molar-refractivity contribution is 5.93. The van der Waals surface area contributed by atoms with E-state index in [4.69, 9.17) is 4.74 Å². The van der Waals surface area contributed by atoms with E-state index < -0.39 is 17.2 Å². The molecule has 2 heterocycles. The lowest BCUT2D eigenvalue weighted by molar-refractivity contribution is -0.132. The first kappa shape index (κ1) is 20.4. The molecule has 0 bridgehead atoms. The predicted octanol–water partition coefficient (Wildman–Crippen LogP) is -0.000600. The summed E-state index contributed by atoms with van der Waals surface area (Å²) in [6, 6.07) is 7.61. The number of nitrogens with one attached hydrogen (secondary N) is 1. The molecule has 29 heavy (non-hydrogen) atoms. The Balaban J connectivity index is 1.53. The fourth-order valence-corrected chi connectivity index (χ4v) is 3.25. The fraction of sp³-hybridized carbons (Fsp3) is 0.400. The third-order valence-electron chi connectivity index (χ3n) is 5.12. The van der Waals surface area contributed by atoms with Crippen molar-refractivity contribution in [1.29, 1.82) is 0 Å². The standard InChI is InChI=1S/C20H24N4O5/c1-22-18(26)16(13-21-20(22)28)19(27)24-11-9-23(10-12-24)17(25)8-5-14-3-6-15(29-2)7-4-14/h3-4,6-7,13H,5,8-12H2,1-2H3,(H,21,28). The number of amides is 2. The SMILES string of the molecule is COc1ccc(CCC(=O)N2CCN(C(=O)c3c[nH]c(=O)n(C)c3=O)CC2)cc1. The molecule has 154 valence electrons. The highest BCUT2D eigenvalue weighted by Gasteiger charge is 2.26.